The fourth-order valence-corrected chi connectivity index (χ4v) is 4.72. The van der Waals surface area contributed by atoms with Crippen molar-refractivity contribution in [3.63, 3.8) is 0 Å². The summed E-state index contributed by atoms with van der Waals surface area (Å²) >= 11 is 1.37. The Bertz CT molecular complexity index is 1400. The minimum atomic E-state index is -0.299. The second kappa shape index (κ2) is 10.1. The van der Waals surface area contributed by atoms with Gasteiger partial charge in [-0.1, -0.05) is 48.5 Å². The number of ether oxygens (including phenoxy) is 1. The smallest absolute Gasteiger partial charge is 0.311 e. The number of nitrogens with one attached hydrogen (secondary N) is 1. The molecule has 1 saturated carbocycles. The van der Waals surface area contributed by atoms with Crippen molar-refractivity contribution >= 4 is 23.2 Å². The minimum Gasteiger partial charge on any atom is -0.466 e. The normalized spacial score (nSPS) is 13.7. The van der Waals surface area contributed by atoms with Crippen LogP contribution in [-0.4, -0.2) is 43.7 Å². The van der Waals surface area contributed by atoms with E-state index in [-0.39, 0.29) is 24.2 Å². The van der Waals surface area contributed by atoms with Gasteiger partial charge in [-0.05, 0) is 41.7 Å². The number of carbonyl (C=O) groups is 2. The van der Waals surface area contributed by atoms with E-state index in [0.717, 1.165) is 40.8 Å². The molecule has 1 N–H and O–H groups in total. The summed E-state index contributed by atoms with van der Waals surface area (Å²) in [4.78, 5) is 29.5. The topological polar surface area (TPSA) is 115 Å². The Kier molecular flexibility index (Phi) is 6.62. The highest BCUT2D eigenvalue weighted by Crippen LogP contribution is 2.31. The lowest BCUT2D eigenvalue weighted by molar-refractivity contribution is -0.142. The standard InChI is InChI=1S/C25H24N6O3S/c1-2-34-22(32)13-19-15-35-25(26-24(33)18-11-12-18)31(19)14-16-7-9-17(10-8-16)20-5-3-4-6-21(20)23-27-29-30-28-23/h3-10,15,18H,2,11-14H2,1H3,(H,27,28,29,30). The summed E-state index contributed by atoms with van der Waals surface area (Å²) in [6.07, 6.45) is 1.93. The molecule has 0 aliphatic heterocycles. The lowest BCUT2D eigenvalue weighted by Crippen LogP contribution is -2.22. The number of hydrogen-bond donors (Lipinski definition) is 1. The Morgan fingerprint density at radius 3 is 2.60 bits per heavy atom. The Morgan fingerprint density at radius 2 is 1.91 bits per heavy atom. The predicted molar refractivity (Wildman–Crippen MR) is 130 cm³/mol. The van der Waals surface area contributed by atoms with Crippen LogP contribution in [0.3, 0.4) is 0 Å². The van der Waals surface area contributed by atoms with Gasteiger partial charge >= 0.3 is 5.97 Å². The first-order valence-electron chi connectivity index (χ1n) is 11.5. The summed E-state index contributed by atoms with van der Waals surface area (Å²) in [6, 6.07) is 16.0. The third kappa shape index (κ3) is 5.27. The number of carbonyl (C=O) groups excluding carboxylic acids is 2. The van der Waals surface area contributed by atoms with Crippen molar-refractivity contribution in [3.8, 4) is 22.5 Å². The van der Waals surface area contributed by atoms with Gasteiger partial charge in [0.25, 0.3) is 5.91 Å². The zero-order valence-corrected chi connectivity index (χ0v) is 20.0. The summed E-state index contributed by atoms with van der Waals surface area (Å²) in [7, 11) is 0. The van der Waals surface area contributed by atoms with Crippen molar-refractivity contribution in [3.05, 3.63) is 70.0 Å². The molecule has 0 bridgehead atoms. The molecule has 10 heteroatoms. The number of rotatable bonds is 8. The van der Waals surface area contributed by atoms with Crippen LogP contribution in [-0.2, 0) is 27.3 Å². The van der Waals surface area contributed by atoms with E-state index in [9.17, 15) is 9.59 Å². The summed E-state index contributed by atoms with van der Waals surface area (Å²) < 4.78 is 7.07. The van der Waals surface area contributed by atoms with Crippen molar-refractivity contribution in [2.24, 2.45) is 10.9 Å². The zero-order chi connectivity index (χ0) is 24.2. The number of thiazole rings is 1. The number of esters is 1. The molecular formula is C25H24N6O3S. The molecule has 5 rings (SSSR count). The van der Waals surface area contributed by atoms with Gasteiger partial charge in [0.2, 0.25) is 5.82 Å². The van der Waals surface area contributed by atoms with Crippen LogP contribution in [0.15, 0.2) is 58.9 Å². The average molecular weight is 489 g/mol. The van der Waals surface area contributed by atoms with Crippen LogP contribution in [0, 0.1) is 5.92 Å². The molecule has 9 nitrogen and oxygen atoms in total. The fraction of sp³-hybridized carbons (Fsp3) is 0.280. The number of aromatic nitrogens is 5. The van der Waals surface area contributed by atoms with Gasteiger partial charge in [0, 0.05) is 22.6 Å². The van der Waals surface area contributed by atoms with Crippen molar-refractivity contribution in [1.29, 1.82) is 0 Å². The van der Waals surface area contributed by atoms with E-state index in [2.05, 4.69) is 25.6 Å². The lowest BCUT2D eigenvalue weighted by Gasteiger charge is -2.11. The maximum Gasteiger partial charge on any atom is 0.311 e. The van der Waals surface area contributed by atoms with Crippen LogP contribution in [0.1, 0.15) is 31.0 Å². The first-order valence-corrected chi connectivity index (χ1v) is 12.3. The molecule has 1 aliphatic rings. The highest BCUT2D eigenvalue weighted by Gasteiger charge is 2.29. The van der Waals surface area contributed by atoms with Gasteiger partial charge < -0.3 is 9.30 Å². The fourth-order valence-electron chi connectivity index (χ4n) is 3.82. The first-order chi connectivity index (χ1) is 17.1. The Balaban J connectivity index is 1.44. The molecule has 1 amide bonds. The molecule has 4 aromatic rings. The van der Waals surface area contributed by atoms with Crippen LogP contribution < -0.4 is 4.80 Å². The molecule has 0 saturated heterocycles. The lowest BCUT2D eigenvalue weighted by atomic mass is 9.98. The summed E-state index contributed by atoms with van der Waals surface area (Å²) in [5.74, 6) is 0.190. The van der Waals surface area contributed by atoms with E-state index >= 15 is 0 Å². The van der Waals surface area contributed by atoms with Crippen molar-refractivity contribution in [2.45, 2.75) is 32.7 Å². The van der Waals surface area contributed by atoms with Gasteiger partial charge in [0.15, 0.2) is 4.80 Å². The second-order valence-electron chi connectivity index (χ2n) is 8.28. The molecule has 0 radical (unpaired) electrons. The number of tetrazole rings is 1. The average Bonchev–Trinajstić information content (AvgIpc) is 3.47. The van der Waals surface area contributed by atoms with Gasteiger partial charge in [-0.25, -0.2) is 0 Å². The van der Waals surface area contributed by atoms with E-state index in [1.807, 2.05) is 58.5 Å². The number of benzene rings is 2. The van der Waals surface area contributed by atoms with Crippen molar-refractivity contribution in [2.75, 3.05) is 6.61 Å². The molecule has 35 heavy (non-hydrogen) atoms. The quantitative estimate of drug-likeness (QED) is 0.380. The van der Waals surface area contributed by atoms with Crippen LogP contribution in [0.2, 0.25) is 0 Å². The Hall–Kier alpha value is -3.92. The van der Waals surface area contributed by atoms with Gasteiger partial charge in [-0.2, -0.15) is 10.2 Å². The van der Waals surface area contributed by atoms with Gasteiger partial charge in [0.1, 0.15) is 0 Å². The molecule has 0 atom stereocenters. The molecule has 1 aliphatic carbocycles. The molecular weight excluding hydrogens is 464 g/mol. The SMILES string of the molecule is CCOC(=O)Cc1csc(=NC(=O)C2CC2)n1Cc1ccc(-c2ccccc2-c2nn[nH]n2)cc1. The molecule has 1 fully saturated rings. The monoisotopic (exact) mass is 488 g/mol. The maximum absolute atomic E-state index is 12.4. The van der Waals surface area contributed by atoms with E-state index in [1.165, 1.54) is 11.3 Å². The third-order valence-electron chi connectivity index (χ3n) is 5.76. The highest BCUT2D eigenvalue weighted by molar-refractivity contribution is 7.07. The van der Waals surface area contributed by atoms with Gasteiger partial charge in [-0.15, -0.1) is 21.5 Å². The van der Waals surface area contributed by atoms with Crippen molar-refractivity contribution < 1.29 is 14.3 Å². The third-order valence-corrected chi connectivity index (χ3v) is 6.67. The number of amides is 1. The summed E-state index contributed by atoms with van der Waals surface area (Å²) in [6.45, 7) is 2.60. The van der Waals surface area contributed by atoms with Crippen LogP contribution in [0.25, 0.3) is 22.5 Å². The van der Waals surface area contributed by atoms with Crippen LogP contribution in [0.4, 0.5) is 0 Å². The molecule has 0 unspecified atom stereocenters. The van der Waals surface area contributed by atoms with Gasteiger partial charge in [0.05, 0.1) is 19.6 Å². The van der Waals surface area contributed by atoms with E-state index in [0.29, 0.717) is 23.8 Å². The first kappa shape index (κ1) is 22.9. The largest absolute Gasteiger partial charge is 0.466 e. The predicted octanol–water partition coefficient (Wildman–Crippen LogP) is 3.39. The van der Waals surface area contributed by atoms with Gasteiger partial charge in [-0.3, -0.25) is 9.59 Å². The van der Waals surface area contributed by atoms with Crippen LogP contribution >= 0.6 is 11.3 Å². The molecule has 2 aromatic heterocycles. The number of nitrogens with zero attached hydrogens (tertiary/aromatic N) is 5. The van der Waals surface area contributed by atoms with E-state index in [4.69, 9.17) is 4.74 Å². The number of H-pyrrole nitrogens is 1. The minimum absolute atomic E-state index is 0.0395. The molecule has 0 spiro atoms. The second-order valence-corrected chi connectivity index (χ2v) is 9.12. The Labute approximate surface area is 205 Å². The number of aromatic amines is 1. The van der Waals surface area contributed by atoms with E-state index in [1.54, 1.807) is 6.92 Å². The van der Waals surface area contributed by atoms with Crippen molar-refractivity contribution in [1.82, 2.24) is 25.2 Å². The molecule has 2 heterocycles. The summed E-state index contributed by atoms with van der Waals surface area (Å²) in [5.41, 5.74) is 4.71. The summed E-state index contributed by atoms with van der Waals surface area (Å²) in [5, 5.41) is 16.3. The molecule has 178 valence electrons. The van der Waals surface area contributed by atoms with Crippen LogP contribution in [0.5, 0.6) is 0 Å². The molecule has 2 aromatic carbocycles. The number of hydrogen-bond acceptors (Lipinski definition) is 7. The highest BCUT2D eigenvalue weighted by atomic mass is 32.1. The maximum atomic E-state index is 12.4. The zero-order valence-electron chi connectivity index (χ0n) is 19.2. The van der Waals surface area contributed by atoms with E-state index < -0.39 is 0 Å². The Morgan fingerprint density at radius 1 is 1.14 bits per heavy atom.